The van der Waals surface area contributed by atoms with Gasteiger partial charge in [0.25, 0.3) is 0 Å². The highest BCUT2D eigenvalue weighted by atomic mass is 16.5. The third kappa shape index (κ3) is 3.91. The fraction of sp³-hybridized carbons (Fsp3) is 0.391. The van der Waals surface area contributed by atoms with E-state index in [9.17, 15) is 0 Å². The fourth-order valence-electron chi connectivity index (χ4n) is 4.35. The molecule has 4 heterocycles. The summed E-state index contributed by atoms with van der Waals surface area (Å²) in [5.41, 5.74) is 11.2. The van der Waals surface area contributed by atoms with Crippen molar-refractivity contribution in [1.29, 1.82) is 0 Å². The first-order chi connectivity index (χ1) is 15.9. The largest absolute Gasteiger partial charge is 0.493 e. The molecular formula is C23H29N9O. The van der Waals surface area contributed by atoms with Crippen LogP contribution in [0.15, 0.2) is 35.6 Å². The minimum atomic E-state index is -1.21. The molecule has 1 saturated heterocycles. The Balaban J connectivity index is 1.52. The van der Waals surface area contributed by atoms with E-state index in [-0.39, 0.29) is 0 Å². The normalized spacial score (nSPS) is 20.2. The van der Waals surface area contributed by atoms with Crippen molar-refractivity contribution in [3.8, 4) is 17.1 Å². The van der Waals surface area contributed by atoms with Crippen molar-refractivity contribution in [3.63, 3.8) is 0 Å². The molecule has 1 aromatic carbocycles. The minimum absolute atomic E-state index is 0.353. The Morgan fingerprint density at radius 3 is 2.79 bits per heavy atom. The van der Waals surface area contributed by atoms with Gasteiger partial charge in [0.15, 0.2) is 11.6 Å². The second-order valence-electron chi connectivity index (χ2n) is 8.70. The van der Waals surface area contributed by atoms with E-state index >= 15 is 0 Å². The van der Waals surface area contributed by atoms with E-state index < -0.39 is 5.79 Å². The number of ether oxygens (including phenoxy) is 1. The number of hydrogen-bond donors (Lipinski definition) is 3. The standard InChI is InChI=1S/C23H29N9O/c1-5-33-19-9-15(22-30-26-13-32(22)4)6-7-18(19)23(24)25-10-16-8-14(2)27-21(20(16)29-23)28-17-11-31(3)12-17/h6-10,13,17,29H,5,11-12,24H2,1-4H3,(H,27,28). The van der Waals surface area contributed by atoms with Crippen LogP contribution in [0.3, 0.4) is 0 Å². The van der Waals surface area contributed by atoms with Crippen molar-refractivity contribution in [2.45, 2.75) is 25.7 Å². The Labute approximate surface area is 192 Å². The van der Waals surface area contributed by atoms with Crippen molar-refractivity contribution in [2.75, 3.05) is 37.4 Å². The number of aromatic nitrogens is 4. The number of fused-ring (bicyclic) bond motifs is 1. The van der Waals surface area contributed by atoms with Crippen LogP contribution in [0.25, 0.3) is 11.4 Å². The van der Waals surface area contributed by atoms with Crippen LogP contribution in [0.2, 0.25) is 0 Å². The SMILES string of the molecule is CCOc1cc(-c2nncn2C)ccc1C1(N)N=Cc2cc(C)nc(NC3CN(C)C3)c2N1. The summed E-state index contributed by atoms with van der Waals surface area (Å²) in [5.74, 6) is 0.969. The van der Waals surface area contributed by atoms with Gasteiger partial charge in [-0.1, -0.05) is 6.07 Å². The van der Waals surface area contributed by atoms with Crippen molar-refractivity contribution in [1.82, 2.24) is 24.6 Å². The summed E-state index contributed by atoms with van der Waals surface area (Å²) in [7, 11) is 4.01. The van der Waals surface area contributed by atoms with Gasteiger partial charge in [-0.15, -0.1) is 10.2 Å². The molecule has 3 aromatic rings. The predicted molar refractivity (Wildman–Crippen MR) is 129 cm³/mol. The summed E-state index contributed by atoms with van der Waals surface area (Å²) in [6, 6.07) is 8.18. The Morgan fingerprint density at radius 2 is 2.09 bits per heavy atom. The van der Waals surface area contributed by atoms with Crippen LogP contribution < -0.4 is 21.1 Å². The highest BCUT2D eigenvalue weighted by Gasteiger charge is 2.35. The van der Waals surface area contributed by atoms with Crippen molar-refractivity contribution in [2.24, 2.45) is 17.8 Å². The molecule has 10 heteroatoms. The molecule has 33 heavy (non-hydrogen) atoms. The summed E-state index contributed by atoms with van der Waals surface area (Å²) in [6.45, 7) is 6.37. The van der Waals surface area contributed by atoms with Crippen molar-refractivity contribution >= 4 is 17.7 Å². The first-order valence-electron chi connectivity index (χ1n) is 11.1. The van der Waals surface area contributed by atoms with E-state index in [4.69, 9.17) is 20.4 Å². The first kappa shape index (κ1) is 21.4. The van der Waals surface area contributed by atoms with Gasteiger partial charge in [-0.3, -0.25) is 5.73 Å². The molecule has 0 spiro atoms. The van der Waals surface area contributed by atoms with Crippen LogP contribution in [0.4, 0.5) is 11.5 Å². The monoisotopic (exact) mass is 447 g/mol. The number of hydrogen-bond acceptors (Lipinski definition) is 9. The second-order valence-corrected chi connectivity index (χ2v) is 8.70. The van der Waals surface area contributed by atoms with E-state index in [0.717, 1.165) is 52.8 Å². The Bertz CT molecular complexity index is 1210. The molecule has 2 aromatic heterocycles. The zero-order chi connectivity index (χ0) is 23.2. The van der Waals surface area contributed by atoms with Crippen LogP contribution in [-0.2, 0) is 12.8 Å². The molecule has 2 aliphatic rings. The number of nitrogens with one attached hydrogen (secondary N) is 2. The summed E-state index contributed by atoms with van der Waals surface area (Å²) in [5, 5.41) is 15.2. The van der Waals surface area contributed by atoms with Gasteiger partial charge in [-0.2, -0.15) is 0 Å². The predicted octanol–water partition coefficient (Wildman–Crippen LogP) is 1.92. The highest BCUT2D eigenvalue weighted by molar-refractivity contribution is 5.94. The molecule has 5 rings (SSSR count). The van der Waals surface area contributed by atoms with Crippen LogP contribution >= 0.6 is 0 Å². The van der Waals surface area contributed by atoms with Crippen LogP contribution in [0.5, 0.6) is 5.75 Å². The molecule has 0 saturated carbocycles. The quantitative estimate of drug-likeness (QED) is 0.525. The van der Waals surface area contributed by atoms with Gasteiger partial charge in [0.2, 0.25) is 5.79 Å². The van der Waals surface area contributed by atoms with Gasteiger partial charge in [0.1, 0.15) is 12.1 Å². The number of nitrogens with two attached hydrogens (primary N) is 1. The van der Waals surface area contributed by atoms with Gasteiger partial charge < -0.3 is 24.8 Å². The number of anilines is 2. The zero-order valence-corrected chi connectivity index (χ0v) is 19.3. The molecule has 0 aliphatic carbocycles. The number of aliphatic imine (C=N–C) groups is 1. The first-order valence-corrected chi connectivity index (χ1v) is 11.1. The summed E-state index contributed by atoms with van der Waals surface area (Å²) in [6.07, 6.45) is 3.48. The maximum Gasteiger partial charge on any atom is 0.212 e. The Morgan fingerprint density at radius 1 is 1.27 bits per heavy atom. The maximum absolute atomic E-state index is 6.85. The van der Waals surface area contributed by atoms with Gasteiger partial charge in [-0.25, -0.2) is 9.98 Å². The number of nitrogens with zero attached hydrogens (tertiary/aromatic N) is 6. The highest BCUT2D eigenvalue weighted by Crippen LogP contribution is 2.39. The molecule has 1 atom stereocenters. The zero-order valence-electron chi connectivity index (χ0n) is 19.3. The van der Waals surface area contributed by atoms with E-state index in [0.29, 0.717) is 18.4 Å². The third-order valence-electron chi connectivity index (χ3n) is 5.97. The number of rotatable bonds is 6. The molecule has 4 N–H and O–H groups in total. The van der Waals surface area contributed by atoms with Crippen LogP contribution in [0, 0.1) is 6.92 Å². The van der Waals surface area contributed by atoms with E-state index in [1.54, 1.807) is 6.33 Å². The molecule has 0 amide bonds. The molecule has 0 bridgehead atoms. The number of pyridine rings is 1. The molecule has 0 radical (unpaired) electrons. The minimum Gasteiger partial charge on any atom is -0.493 e. The van der Waals surface area contributed by atoms with E-state index in [2.05, 4.69) is 32.8 Å². The lowest BCUT2D eigenvalue weighted by Crippen LogP contribution is -2.53. The van der Waals surface area contributed by atoms with Gasteiger partial charge in [-0.05, 0) is 39.1 Å². The lowest BCUT2D eigenvalue weighted by molar-refractivity contribution is 0.205. The molecule has 172 valence electrons. The number of likely N-dealkylation sites (tertiary alicyclic amines) is 1. The number of aryl methyl sites for hydroxylation is 2. The molecule has 10 nitrogen and oxygen atoms in total. The van der Waals surface area contributed by atoms with Crippen LogP contribution in [0.1, 0.15) is 23.7 Å². The average molecular weight is 448 g/mol. The van der Waals surface area contributed by atoms with E-state index in [1.165, 1.54) is 0 Å². The average Bonchev–Trinajstić information content (AvgIpc) is 3.19. The second kappa shape index (κ2) is 8.13. The fourth-order valence-corrected chi connectivity index (χ4v) is 4.35. The van der Waals surface area contributed by atoms with Gasteiger partial charge >= 0.3 is 0 Å². The molecular weight excluding hydrogens is 418 g/mol. The maximum atomic E-state index is 6.85. The van der Waals surface area contributed by atoms with Gasteiger partial charge in [0, 0.05) is 43.2 Å². The van der Waals surface area contributed by atoms with Crippen molar-refractivity contribution in [3.05, 3.63) is 47.4 Å². The summed E-state index contributed by atoms with van der Waals surface area (Å²) in [4.78, 5) is 11.7. The summed E-state index contributed by atoms with van der Waals surface area (Å²) >= 11 is 0. The smallest absolute Gasteiger partial charge is 0.212 e. The lowest BCUT2D eigenvalue weighted by Gasteiger charge is -2.39. The lowest BCUT2D eigenvalue weighted by atomic mass is 10.0. The topological polar surface area (TPSA) is 119 Å². The number of likely N-dealkylation sites (N-methyl/N-ethyl adjacent to an activating group) is 1. The molecule has 1 fully saturated rings. The van der Waals surface area contributed by atoms with Crippen LogP contribution in [-0.4, -0.2) is 63.6 Å². The molecule has 2 aliphatic heterocycles. The van der Waals surface area contributed by atoms with E-state index in [1.807, 2.05) is 55.9 Å². The number of benzene rings is 1. The Kier molecular flexibility index (Phi) is 5.26. The molecule has 1 unspecified atom stereocenters. The van der Waals surface area contributed by atoms with Gasteiger partial charge in [0.05, 0.1) is 23.9 Å². The Hall–Kier alpha value is -3.50. The van der Waals surface area contributed by atoms with Crippen molar-refractivity contribution < 1.29 is 4.74 Å². The summed E-state index contributed by atoms with van der Waals surface area (Å²) < 4.78 is 7.85. The third-order valence-corrected chi connectivity index (χ3v) is 5.97.